The highest BCUT2D eigenvalue weighted by atomic mass is 16.4. The Balaban J connectivity index is 1.83. The number of carbonyl (C=O) groups excluding carboxylic acids is 2. The van der Waals surface area contributed by atoms with E-state index in [-0.39, 0.29) is 24.9 Å². The van der Waals surface area contributed by atoms with Gasteiger partial charge in [-0.05, 0) is 11.1 Å². The molecule has 2 aliphatic rings. The summed E-state index contributed by atoms with van der Waals surface area (Å²) in [5.41, 5.74) is 2.12. The topological polar surface area (TPSA) is 77.9 Å². The fourth-order valence-corrected chi connectivity index (χ4v) is 2.79. The Kier molecular flexibility index (Phi) is 2.93. The van der Waals surface area contributed by atoms with E-state index in [4.69, 9.17) is 5.11 Å². The van der Waals surface area contributed by atoms with Crippen LogP contribution < -0.4 is 0 Å². The standard InChI is InChI=1S/C14H14N2O4/c17-12(18)5-6-15-13(19)11-7-9-3-1-2-4-10(9)8-16(11)14(15)20/h1-4,11H,5-8H2,(H,17,18). The lowest BCUT2D eigenvalue weighted by Gasteiger charge is -2.28. The third kappa shape index (κ3) is 1.93. The number of carboxylic acid groups (broad SMARTS) is 1. The highest BCUT2D eigenvalue weighted by Crippen LogP contribution is 2.29. The van der Waals surface area contributed by atoms with Crippen molar-refractivity contribution < 1.29 is 19.5 Å². The van der Waals surface area contributed by atoms with Crippen LogP contribution in [-0.2, 0) is 22.6 Å². The number of aliphatic carboxylic acids is 1. The molecule has 1 unspecified atom stereocenters. The van der Waals surface area contributed by atoms with E-state index in [9.17, 15) is 14.4 Å². The van der Waals surface area contributed by atoms with Crippen LogP contribution in [0.1, 0.15) is 17.5 Å². The number of hydrogen-bond acceptors (Lipinski definition) is 3. The number of hydrogen-bond donors (Lipinski definition) is 1. The van der Waals surface area contributed by atoms with Gasteiger partial charge in [-0.25, -0.2) is 4.79 Å². The van der Waals surface area contributed by atoms with Crippen LogP contribution in [0.4, 0.5) is 4.79 Å². The summed E-state index contributed by atoms with van der Waals surface area (Å²) in [4.78, 5) is 37.6. The Labute approximate surface area is 115 Å². The van der Waals surface area contributed by atoms with Gasteiger partial charge in [-0.1, -0.05) is 24.3 Å². The molecule has 1 aromatic rings. The van der Waals surface area contributed by atoms with Crippen molar-refractivity contribution >= 4 is 17.9 Å². The van der Waals surface area contributed by atoms with E-state index >= 15 is 0 Å². The largest absolute Gasteiger partial charge is 0.481 e. The monoisotopic (exact) mass is 274 g/mol. The van der Waals surface area contributed by atoms with Gasteiger partial charge in [0.15, 0.2) is 0 Å². The summed E-state index contributed by atoms with van der Waals surface area (Å²) < 4.78 is 0. The van der Waals surface area contributed by atoms with Crippen molar-refractivity contribution in [3.63, 3.8) is 0 Å². The minimum atomic E-state index is -1.02. The van der Waals surface area contributed by atoms with Crippen LogP contribution in [0.2, 0.25) is 0 Å². The number of nitrogens with zero attached hydrogens (tertiary/aromatic N) is 2. The van der Waals surface area contributed by atoms with Gasteiger partial charge in [-0.15, -0.1) is 0 Å². The number of carboxylic acids is 1. The van der Waals surface area contributed by atoms with Crippen molar-refractivity contribution in [1.29, 1.82) is 0 Å². The van der Waals surface area contributed by atoms with Gasteiger partial charge < -0.3 is 10.0 Å². The molecule has 6 nitrogen and oxygen atoms in total. The number of rotatable bonds is 3. The van der Waals surface area contributed by atoms with Gasteiger partial charge in [0.05, 0.1) is 6.42 Å². The van der Waals surface area contributed by atoms with Crippen LogP contribution in [0.25, 0.3) is 0 Å². The highest BCUT2D eigenvalue weighted by Gasteiger charge is 2.46. The van der Waals surface area contributed by atoms with Gasteiger partial charge in [0.1, 0.15) is 6.04 Å². The van der Waals surface area contributed by atoms with Crippen LogP contribution in [-0.4, -0.2) is 45.4 Å². The smallest absolute Gasteiger partial charge is 0.327 e. The van der Waals surface area contributed by atoms with Gasteiger partial charge in [0.2, 0.25) is 0 Å². The van der Waals surface area contributed by atoms with Crippen LogP contribution in [0.5, 0.6) is 0 Å². The van der Waals surface area contributed by atoms with E-state index < -0.39 is 12.0 Å². The zero-order valence-electron chi connectivity index (χ0n) is 10.8. The van der Waals surface area contributed by atoms with Crippen LogP contribution >= 0.6 is 0 Å². The van der Waals surface area contributed by atoms with Crippen molar-refractivity contribution in [2.75, 3.05) is 6.54 Å². The predicted molar refractivity (Wildman–Crippen MR) is 68.8 cm³/mol. The van der Waals surface area contributed by atoms with E-state index in [1.54, 1.807) is 0 Å². The van der Waals surface area contributed by atoms with Crippen molar-refractivity contribution in [2.45, 2.75) is 25.4 Å². The van der Waals surface area contributed by atoms with Crippen molar-refractivity contribution in [3.8, 4) is 0 Å². The Morgan fingerprint density at radius 3 is 2.65 bits per heavy atom. The quantitative estimate of drug-likeness (QED) is 0.829. The molecule has 104 valence electrons. The maximum atomic E-state index is 12.2. The first kappa shape index (κ1) is 12.7. The zero-order chi connectivity index (χ0) is 14.3. The van der Waals surface area contributed by atoms with Gasteiger partial charge in [0, 0.05) is 19.5 Å². The predicted octanol–water partition coefficient (Wildman–Crippen LogP) is 0.850. The molecule has 1 atom stereocenters. The molecule has 1 aromatic carbocycles. The fourth-order valence-electron chi connectivity index (χ4n) is 2.79. The number of urea groups is 1. The molecule has 0 aromatic heterocycles. The molecule has 0 aliphatic carbocycles. The van der Waals surface area contributed by atoms with Gasteiger partial charge in [-0.2, -0.15) is 0 Å². The lowest BCUT2D eigenvalue weighted by molar-refractivity contribution is -0.137. The Morgan fingerprint density at radius 1 is 1.25 bits per heavy atom. The lowest BCUT2D eigenvalue weighted by Crippen LogP contribution is -2.39. The van der Waals surface area contributed by atoms with E-state index in [2.05, 4.69) is 0 Å². The third-order valence-corrected chi connectivity index (χ3v) is 3.83. The summed E-state index contributed by atoms with van der Waals surface area (Å²) in [7, 11) is 0. The molecule has 2 aliphatic heterocycles. The normalized spacial score (nSPS) is 20.9. The molecule has 1 N–H and O–H groups in total. The molecule has 1 fully saturated rings. The number of fused-ring (bicyclic) bond motifs is 2. The van der Waals surface area contributed by atoms with Crippen LogP contribution in [0.15, 0.2) is 24.3 Å². The molecular weight excluding hydrogens is 260 g/mol. The summed E-state index contributed by atoms with van der Waals surface area (Å²) in [5.74, 6) is -1.30. The molecule has 0 spiro atoms. The molecule has 6 heteroatoms. The SMILES string of the molecule is O=C(O)CCN1C(=O)C2Cc3ccccc3CN2C1=O. The number of carbonyl (C=O) groups is 3. The molecule has 2 heterocycles. The number of imide groups is 1. The molecular formula is C14H14N2O4. The second kappa shape index (κ2) is 4.63. The molecule has 0 bridgehead atoms. The van der Waals surface area contributed by atoms with Crippen molar-refractivity contribution in [1.82, 2.24) is 9.80 Å². The molecule has 1 saturated heterocycles. The van der Waals surface area contributed by atoms with E-state index in [1.165, 1.54) is 4.90 Å². The summed E-state index contributed by atoms with van der Waals surface area (Å²) in [5, 5.41) is 8.68. The van der Waals surface area contributed by atoms with Gasteiger partial charge >= 0.3 is 12.0 Å². The molecule has 3 amide bonds. The highest BCUT2D eigenvalue weighted by molar-refractivity contribution is 6.04. The minimum Gasteiger partial charge on any atom is -0.481 e. The molecule has 0 radical (unpaired) electrons. The van der Waals surface area contributed by atoms with E-state index in [0.29, 0.717) is 13.0 Å². The second-order valence-corrected chi connectivity index (χ2v) is 5.03. The zero-order valence-corrected chi connectivity index (χ0v) is 10.8. The first-order valence-electron chi connectivity index (χ1n) is 6.48. The Hall–Kier alpha value is -2.37. The second-order valence-electron chi connectivity index (χ2n) is 5.03. The summed E-state index contributed by atoms with van der Waals surface area (Å²) in [6.45, 7) is 0.353. The van der Waals surface area contributed by atoms with Gasteiger partial charge in [0.25, 0.3) is 5.91 Å². The first-order valence-corrected chi connectivity index (χ1v) is 6.48. The average molecular weight is 274 g/mol. The van der Waals surface area contributed by atoms with E-state index in [0.717, 1.165) is 16.0 Å². The fraction of sp³-hybridized carbons (Fsp3) is 0.357. The molecule has 0 saturated carbocycles. The maximum absolute atomic E-state index is 12.2. The first-order chi connectivity index (χ1) is 9.58. The van der Waals surface area contributed by atoms with Crippen molar-refractivity contribution in [2.24, 2.45) is 0 Å². The molecule has 3 rings (SSSR count). The summed E-state index contributed by atoms with van der Waals surface area (Å²) in [6, 6.07) is 6.87. The van der Waals surface area contributed by atoms with Gasteiger partial charge in [-0.3, -0.25) is 14.5 Å². The van der Waals surface area contributed by atoms with Crippen LogP contribution in [0.3, 0.4) is 0 Å². The maximum Gasteiger partial charge on any atom is 0.327 e. The third-order valence-electron chi connectivity index (χ3n) is 3.83. The van der Waals surface area contributed by atoms with E-state index in [1.807, 2.05) is 24.3 Å². The average Bonchev–Trinajstić information content (AvgIpc) is 2.66. The van der Waals surface area contributed by atoms with Crippen LogP contribution in [0, 0.1) is 0 Å². The molecule has 20 heavy (non-hydrogen) atoms. The lowest BCUT2D eigenvalue weighted by atomic mass is 9.95. The summed E-state index contributed by atoms with van der Waals surface area (Å²) in [6.07, 6.45) is 0.287. The minimum absolute atomic E-state index is 0.0592. The Bertz CT molecular complexity index is 556. The number of benzene rings is 1. The summed E-state index contributed by atoms with van der Waals surface area (Å²) >= 11 is 0. The number of amides is 3. The Morgan fingerprint density at radius 2 is 1.95 bits per heavy atom. The van der Waals surface area contributed by atoms with Crippen molar-refractivity contribution in [3.05, 3.63) is 35.4 Å².